The minimum absolute atomic E-state index is 0.0461. The Labute approximate surface area is 119 Å². The molecule has 0 fully saturated rings. The molecule has 0 aromatic heterocycles. The van der Waals surface area contributed by atoms with Crippen LogP contribution in [0.15, 0.2) is 24.3 Å². The lowest BCUT2D eigenvalue weighted by atomic mass is 10.2. The van der Waals surface area contributed by atoms with Crippen LogP contribution in [0.5, 0.6) is 0 Å². The maximum atomic E-state index is 12.4. The van der Waals surface area contributed by atoms with Crippen molar-refractivity contribution in [2.24, 2.45) is 0 Å². The van der Waals surface area contributed by atoms with E-state index in [0.29, 0.717) is 6.54 Å². The quantitative estimate of drug-likeness (QED) is 0.881. The molecule has 5 nitrogen and oxygen atoms in total. The van der Waals surface area contributed by atoms with Gasteiger partial charge >= 0.3 is 6.03 Å². The van der Waals surface area contributed by atoms with Gasteiger partial charge in [-0.1, -0.05) is 18.2 Å². The third kappa shape index (κ3) is 3.10. The fourth-order valence-electron chi connectivity index (χ4n) is 2.36. The number of hydrogen-bond donors (Lipinski definition) is 2. The number of hydrogen-bond acceptors (Lipinski definition) is 2. The van der Waals surface area contributed by atoms with Gasteiger partial charge in [0.25, 0.3) is 0 Å². The van der Waals surface area contributed by atoms with Crippen molar-refractivity contribution >= 4 is 17.6 Å². The summed E-state index contributed by atoms with van der Waals surface area (Å²) in [6.45, 7) is 6.14. The zero-order chi connectivity index (χ0) is 14.7. The molecule has 20 heavy (non-hydrogen) atoms. The van der Waals surface area contributed by atoms with Crippen LogP contribution in [-0.2, 0) is 11.2 Å². The Morgan fingerprint density at radius 2 is 1.85 bits per heavy atom. The van der Waals surface area contributed by atoms with Gasteiger partial charge in [-0.25, -0.2) is 4.79 Å². The highest BCUT2D eigenvalue weighted by Gasteiger charge is 2.28. The maximum Gasteiger partial charge on any atom is 0.315 e. The van der Waals surface area contributed by atoms with Crippen LogP contribution in [0.1, 0.15) is 26.3 Å². The van der Waals surface area contributed by atoms with Gasteiger partial charge in [0, 0.05) is 18.3 Å². The van der Waals surface area contributed by atoms with Gasteiger partial charge in [0.1, 0.15) is 6.04 Å². The highest BCUT2D eigenvalue weighted by atomic mass is 16.2. The number of nitrogens with one attached hydrogen (secondary N) is 2. The zero-order valence-corrected chi connectivity index (χ0v) is 12.1. The number of amides is 3. The van der Waals surface area contributed by atoms with Gasteiger partial charge in [0.05, 0.1) is 0 Å². The van der Waals surface area contributed by atoms with Crippen LogP contribution in [0.3, 0.4) is 0 Å². The Bertz CT molecular complexity index is 514. The summed E-state index contributed by atoms with van der Waals surface area (Å²) in [7, 11) is 0. The molecular weight excluding hydrogens is 254 g/mol. The first kappa shape index (κ1) is 14.4. The zero-order valence-electron chi connectivity index (χ0n) is 12.1. The first-order chi connectivity index (χ1) is 9.49. The van der Waals surface area contributed by atoms with Crippen molar-refractivity contribution in [3.05, 3.63) is 29.8 Å². The molecule has 5 heteroatoms. The van der Waals surface area contributed by atoms with Crippen LogP contribution >= 0.6 is 0 Å². The number of anilines is 1. The standard InChI is InChI=1S/C15H21N3O2/c1-10(2)16-15(20)17-11(3)14(19)18-9-8-12-6-4-5-7-13(12)18/h4-7,10-11H,8-9H2,1-3H3,(H2,16,17,20). The van der Waals surface area contributed by atoms with Crippen molar-refractivity contribution in [2.75, 3.05) is 11.4 Å². The Morgan fingerprint density at radius 3 is 2.55 bits per heavy atom. The molecule has 1 unspecified atom stereocenters. The monoisotopic (exact) mass is 275 g/mol. The minimum atomic E-state index is -0.542. The van der Waals surface area contributed by atoms with Gasteiger partial charge < -0.3 is 15.5 Å². The largest absolute Gasteiger partial charge is 0.336 e. The van der Waals surface area contributed by atoms with E-state index in [4.69, 9.17) is 0 Å². The van der Waals surface area contributed by atoms with Crippen molar-refractivity contribution in [2.45, 2.75) is 39.3 Å². The van der Waals surface area contributed by atoms with Crippen molar-refractivity contribution in [3.8, 4) is 0 Å². The number of rotatable bonds is 3. The van der Waals surface area contributed by atoms with Crippen molar-refractivity contribution < 1.29 is 9.59 Å². The SMILES string of the molecule is CC(C)NC(=O)NC(C)C(=O)N1CCc2ccccc21. The molecule has 1 heterocycles. The van der Waals surface area contributed by atoms with E-state index >= 15 is 0 Å². The second-order valence-electron chi connectivity index (χ2n) is 5.36. The van der Waals surface area contributed by atoms with Gasteiger partial charge in [0.2, 0.25) is 5.91 Å². The third-order valence-electron chi connectivity index (χ3n) is 3.29. The minimum Gasteiger partial charge on any atom is -0.336 e. The molecular formula is C15H21N3O2. The van der Waals surface area contributed by atoms with Crippen LogP contribution in [0, 0.1) is 0 Å². The van der Waals surface area contributed by atoms with Gasteiger partial charge in [-0.15, -0.1) is 0 Å². The molecule has 1 aliphatic heterocycles. The average Bonchev–Trinajstić information content (AvgIpc) is 2.80. The molecule has 2 N–H and O–H groups in total. The molecule has 108 valence electrons. The van der Waals surface area contributed by atoms with Crippen LogP contribution in [0.25, 0.3) is 0 Å². The summed E-state index contributed by atoms with van der Waals surface area (Å²) in [5, 5.41) is 5.39. The van der Waals surface area contributed by atoms with E-state index in [1.807, 2.05) is 38.1 Å². The summed E-state index contributed by atoms with van der Waals surface area (Å²) in [5.41, 5.74) is 2.13. The fourth-order valence-corrected chi connectivity index (χ4v) is 2.36. The van der Waals surface area contributed by atoms with Gasteiger partial charge in [-0.05, 0) is 38.8 Å². The summed E-state index contributed by atoms with van der Waals surface area (Å²) < 4.78 is 0. The molecule has 1 aromatic rings. The molecule has 2 rings (SSSR count). The highest BCUT2D eigenvalue weighted by Crippen LogP contribution is 2.27. The molecule has 0 saturated heterocycles. The number of benzene rings is 1. The second-order valence-corrected chi connectivity index (χ2v) is 5.36. The molecule has 0 saturated carbocycles. The summed E-state index contributed by atoms with van der Waals surface area (Å²) in [5.74, 6) is -0.0751. The van der Waals surface area contributed by atoms with E-state index in [2.05, 4.69) is 10.6 Å². The van der Waals surface area contributed by atoms with E-state index < -0.39 is 6.04 Å². The van der Waals surface area contributed by atoms with Crippen molar-refractivity contribution in [1.29, 1.82) is 0 Å². The number of nitrogens with zero attached hydrogens (tertiary/aromatic N) is 1. The first-order valence-electron chi connectivity index (χ1n) is 6.95. The highest BCUT2D eigenvalue weighted by molar-refractivity contribution is 6.00. The molecule has 0 radical (unpaired) electrons. The summed E-state index contributed by atoms with van der Waals surface area (Å²) in [6, 6.07) is 7.07. The van der Waals surface area contributed by atoms with E-state index in [-0.39, 0.29) is 18.0 Å². The molecule has 3 amide bonds. The lowest BCUT2D eigenvalue weighted by Gasteiger charge is -2.22. The predicted molar refractivity (Wildman–Crippen MR) is 78.8 cm³/mol. The van der Waals surface area contributed by atoms with E-state index in [9.17, 15) is 9.59 Å². The maximum absolute atomic E-state index is 12.4. The van der Waals surface area contributed by atoms with E-state index in [1.165, 1.54) is 5.56 Å². The Kier molecular flexibility index (Phi) is 4.27. The smallest absolute Gasteiger partial charge is 0.315 e. The number of para-hydroxylation sites is 1. The first-order valence-corrected chi connectivity index (χ1v) is 6.95. The third-order valence-corrected chi connectivity index (χ3v) is 3.29. The number of fused-ring (bicyclic) bond motifs is 1. The molecule has 0 aliphatic carbocycles. The van der Waals surface area contributed by atoms with E-state index in [1.54, 1.807) is 11.8 Å². The van der Waals surface area contributed by atoms with Crippen LogP contribution in [0.4, 0.5) is 10.5 Å². The topological polar surface area (TPSA) is 61.4 Å². The van der Waals surface area contributed by atoms with Crippen LogP contribution < -0.4 is 15.5 Å². The number of urea groups is 1. The fraction of sp³-hybridized carbons (Fsp3) is 0.467. The van der Waals surface area contributed by atoms with Gasteiger partial charge in [-0.3, -0.25) is 4.79 Å². The Hall–Kier alpha value is -2.04. The van der Waals surface area contributed by atoms with Crippen molar-refractivity contribution in [3.63, 3.8) is 0 Å². The van der Waals surface area contributed by atoms with Crippen LogP contribution in [0.2, 0.25) is 0 Å². The summed E-state index contributed by atoms with van der Waals surface area (Å²) >= 11 is 0. The molecule has 1 aromatic carbocycles. The Balaban J connectivity index is 2.00. The number of carbonyl (C=O) groups is 2. The predicted octanol–water partition coefficient (Wildman–Crippen LogP) is 1.67. The molecule has 0 bridgehead atoms. The lowest BCUT2D eigenvalue weighted by Crippen LogP contribution is -2.50. The second kappa shape index (κ2) is 5.94. The molecule has 0 spiro atoms. The summed E-state index contributed by atoms with van der Waals surface area (Å²) in [4.78, 5) is 25.8. The van der Waals surface area contributed by atoms with E-state index in [0.717, 1.165) is 12.1 Å². The van der Waals surface area contributed by atoms with Gasteiger partial charge in [-0.2, -0.15) is 0 Å². The van der Waals surface area contributed by atoms with Gasteiger partial charge in [0.15, 0.2) is 0 Å². The molecule has 1 aliphatic rings. The lowest BCUT2D eigenvalue weighted by molar-refractivity contribution is -0.119. The van der Waals surface area contributed by atoms with Crippen molar-refractivity contribution in [1.82, 2.24) is 10.6 Å². The average molecular weight is 275 g/mol. The normalized spacial score (nSPS) is 14.9. The summed E-state index contributed by atoms with van der Waals surface area (Å²) in [6.07, 6.45) is 0.868. The van der Waals surface area contributed by atoms with Crippen LogP contribution in [-0.4, -0.2) is 30.6 Å². The molecule has 1 atom stereocenters. The Morgan fingerprint density at radius 1 is 1.15 bits per heavy atom. The number of carbonyl (C=O) groups excluding carboxylic acids is 2.